The second-order valence-corrected chi connectivity index (χ2v) is 5.54. The molecule has 0 aromatic heterocycles. The van der Waals surface area contributed by atoms with Crippen molar-refractivity contribution in [3.63, 3.8) is 0 Å². The Morgan fingerprint density at radius 3 is 1.80 bits per heavy atom. The van der Waals surface area contributed by atoms with E-state index in [-0.39, 0.29) is 5.97 Å². The van der Waals surface area contributed by atoms with Crippen molar-refractivity contribution in [3.8, 4) is 0 Å². The third kappa shape index (κ3) is 17.2. The summed E-state index contributed by atoms with van der Waals surface area (Å²) in [6, 6.07) is 0. The van der Waals surface area contributed by atoms with E-state index in [1.807, 2.05) is 0 Å². The Kier molecular flexibility index (Phi) is 15.6. The predicted octanol–water partition coefficient (Wildman–Crippen LogP) is 5.81. The maximum absolute atomic E-state index is 10.6. The van der Waals surface area contributed by atoms with Crippen LogP contribution in [0.1, 0.15) is 90.9 Å². The van der Waals surface area contributed by atoms with Crippen molar-refractivity contribution in [1.29, 1.82) is 0 Å². The highest BCUT2D eigenvalue weighted by Gasteiger charge is 1.94. The predicted molar refractivity (Wildman–Crippen MR) is 86.9 cm³/mol. The van der Waals surface area contributed by atoms with Gasteiger partial charge < -0.3 is 4.74 Å². The third-order valence-electron chi connectivity index (χ3n) is 3.47. The van der Waals surface area contributed by atoms with Gasteiger partial charge in [-0.2, -0.15) is 0 Å². The van der Waals surface area contributed by atoms with Crippen LogP contribution in [0.25, 0.3) is 0 Å². The van der Waals surface area contributed by atoms with Crippen LogP contribution in [-0.2, 0) is 9.53 Å². The van der Waals surface area contributed by atoms with E-state index in [9.17, 15) is 4.79 Å². The molecule has 20 heavy (non-hydrogen) atoms. The van der Waals surface area contributed by atoms with Crippen molar-refractivity contribution in [2.45, 2.75) is 90.9 Å². The molecule has 0 heterocycles. The van der Waals surface area contributed by atoms with Gasteiger partial charge in [-0.05, 0) is 25.7 Å². The van der Waals surface area contributed by atoms with Crippen LogP contribution in [0.5, 0.6) is 0 Å². The largest absolute Gasteiger partial charge is 0.466 e. The van der Waals surface area contributed by atoms with Crippen molar-refractivity contribution in [3.05, 3.63) is 12.2 Å². The van der Waals surface area contributed by atoms with Crippen LogP contribution < -0.4 is 0 Å². The van der Waals surface area contributed by atoms with Crippen LogP contribution in [0.2, 0.25) is 0 Å². The van der Waals surface area contributed by atoms with Crippen LogP contribution in [0.15, 0.2) is 12.2 Å². The van der Waals surface area contributed by atoms with Crippen LogP contribution in [0, 0.1) is 0 Å². The van der Waals surface area contributed by atoms with E-state index in [2.05, 4.69) is 19.1 Å². The Bertz CT molecular complexity index is 234. The lowest BCUT2D eigenvalue weighted by atomic mass is 10.1. The number of unbranched alkanes of at least 4 members (excludes halogenated alkanes) is 10. The average Bonchev–Trinajstić information content (AvgIpc) is 2.43. The minimum absolute atomic E-state index is 0.157. The molecule has 0 saturated carbocycles. The maximum Gasteiger partial charge on any atom is 0.302 e. The molecule has 0 aromatic rings. The molecule has 2 heteroatoms. The summed E-state index contributed by atoms with van der Waals surface area (Å²) < 4.78 is 4.91. The molecule has 0 amide bonds. The van der Waals surface area contributed by atoms with Crippen LogP contribution in [0.4, 0.5) is 0 Å². The summed E-state index contributed by atoms with van der Waals surface area (Å²) in [4.78, 5) is 10.6. The molecular weight excluding hydrogens is 248 g/mol. The number of ether oxygens (including phenoxy) is 1. The van der Waals surface area contributed by atoms with Gasteiger partial charge in [0.15, 0.2) is 0 Å². The fourth-order valence-electron chi connectivity index (χ4n) is 2.28. The van der Waals surface area contributed by atoms with Gasteiger partial charge in [0.05, 0.1) is 6.61 Å². The summed E-state index contributed by atoms with van der Waals surface area (Å²) in [5, 5.41) is 0. The summed E-state index contributed by atoms with van der Waals surface area (Å²) in [6.07, 6.45) is 20.1. The molecule has 0 N–H and O–H groups in total. The molecule has 0 spiro atoms. The summed E-state index contributed by atoms with van der Waals surface area (Å²) in [6.45, 7) is 4.26. The zero-order valence-corrected chi connectivity index (χ0v) is 13.7. The first-order valence-corrected chi connectivity index (χ1v) is 8.55. The van der Waals surface area contributed by atoms with E-state index in [4.69, 9.17) is 4.74 Å². The molecule has 0 atom stereocenters. The Morgan fingerprint density at radius 2 is 1.30 bits per heavy atom. The monoisotopic (exact) mass is 282 g/mol. The highest BCUT2D eigenvalue weighted by atomic mass is 16.5. The average molecular weight is 282 g/mol. The molecule has 0 bridgehead atoms. The van der Waals surface area contributed by atoms with Crippen molar-refractivity contribution in [2.75, 3.05) is 6.61 Å². The molecule has 0 aliphatic rings. The van der Waals surface area contributed by atoms with Crippen molar-refractivity contribution >= 4 is 5.97 Å². The minimum Gasteiger partial charge on any atom is -0.466 e. The molecule has 0 aliphatic carbocycles. The van der Waals surface area contributed by atoms with E-state index >= 15 is 0 Å². The molecule has 2 nitrogen and oxygen atoms in total. The minimum atomic E-state index is -0.157. The molecule has 0 unspecified atom stereocenters. The first-order chi connectivity index (χ1) is 9.77. The smallest absolute Gasteiger partial charge is 0.302 e. The van der Waals surface area contributed by atoms with Gasteiger partial charge in [-0.1, -0.05) is 70.4 Å². The lowest BCUT2D eigenvalue weighted by Crippen LogP contribution is -2.00. The Balaban J connectivity index is 2.99. The van der Waals surface area contributed by atoms with Crippen LogP contribution >= 0.6 is 0 Å². The number of rotatable bonds is 14. The molecule has 0 saturated heterocycles. The molecule has 0 rings (SSSR count). The van der Waals surface area contributed by atoms with Crippen LogP contribution in [-0.4, -0.2) is 12.6 Å². The lowest BCUT2D eigenvalue weighted by molar-refractivity contribution is -0.141. The molecule has 0 aromatic carbocycles. The van der Waals surface area contributed by atoms with Crippen LogP contribution in [0.3, 0.4) is 0 Å². The zero-order chi connectivity index (χ0) is 14.9. The quantitative estimate of drug-likeness (QED) is 0.228. The Labute approximate surface area is 126 Å². The van der Waals surface area contributed by atoms with Gasteiger partial charge in [0.25, 0.3) is 0 Å². The summed E-state index contributed by atoms with van der Waals surface area (Å²) in [5.74, 6) is -0.157. The third-order valence-corrected chi connectivity index (χ3v) is 3.47. The van der Waals surface area contributed by atoms with E-state index < -0.39 is 0 Å². The molecule has 0 fully saturated rings. The standard InChI is InChI=1S/C18H34O2/c1-3-4-5-6-7-8-9-10-11-12-13-14-15-16-17-20-18(2)19/h4-5H,3,6-17H2,1-2H3/b5-4-. The molecular formula is C18H34O2. The number of hydrogen-bond donors (Lipinski definition) is 0. The van der Waals surface area contributed by atoms with Gasteiger partial charge in [-0.15, -0.1) is 0 Å². The molecule has 118 valence electrons. The van der Waals surface area contributed by atoms with Crippen molar-refractivity contribution < 1.29 is 9.53 Å². The first kappa shape index (κ1) is 19.2. The zero-order valence-electron chi connectivity index (χ0n) is 13.7. The second kappa shape index (κ2) is 16.3. The van der Waals surface area contributed by atoms with E-state index in [0.29, 0.717) is 6.61 Å². The van der Waals surface area contributed by atoms with Gasteiger partial charge in [0, 0.05) is 6.92 Å². The second-order valence-electron chi connectivity index (χ2n) is 5.54. The van der Waals surface area contributed by atoms with E-state index in [1.54, 1.807) is 0 Å². The highest BCUT2D eigenvalue weighted by Crippen LogP contribution is 2.11. The number of esters is 1. The highest BCUT2D eigenvalue weighted by molar-refractivity contribution is 5.65. The Hall–Kier alpha value is -0.790. The van der Waals surface area contributed by atoms with Crippen molar-refractivity contribution in [2.24, 2.45) is 0 Å². The lowest BCUT2D eigenvalue weighted by Gasteiger charge is -2.03. The van der Waals surface area contributed by atoms with E-state index in [0.717, 1.165) is 6.42 Å². The number of allylic oxidation sites excluding steroid dienone is 2. The van der Waals surface area contributed by atoms with Crippen molar-refractivity contribution in [1.82, 2.24) is 0 Å². The number of hydrogen-bond acceptors (Lipinski definition) is 2. The van der Waals surface area contributed by atoms with Gasteiger partial charge in [0.2, 0.25) is 0 Å². The van der Waals surface area contributed by atoms with Gasteiger partial charge in [0.1, 0.15) is 0 Å². The number of carbonyl (C=O) groups is 1. The van der Waals surface area contributed by atoms with Gasteiger partial charge in [-0.25, -0.2) is 0 Å². The first-order valence-electron chi connectivity index (χ1n) is 8.55. The summed E-state index contributed by atoms with van der Waals surface area (Å²) in [5.41, 5.74) is 0. The topological polar surface area (TPSA) is 26.3 Å². The molecule has 0 aliphatic heterocycles. The number of carbonyl (C=O) groups excluding carboxylic acids is 1. The SMILES string of the molecule is CC/C=C\CCCCCCCCCCCCOC(C)=O. The van der Waals surface area contributed by atoms with Gasteiger partial charge >= 0.3 is 5.97 Å². The fraction of sp³-hybridized carbons (Fsp3) is 0.833. The maximum atomic E-state index is 10.6. The summed E-state index contributed by atoms with van der Waals surface area (Å²) in [7, 11) is 0. The van der Waals surface area contributed by atoms with Gasteiger partial charge in [-0.3, -0.25) is 4.79 Å². The normalized spacial score (nSPS) is 11.1. The molecule has 0 radical (unpaired) electrons. The van der Waals surface area contributed by atoms with E-state index in [1.165, 1.54) is 77.6 Å². The summed E-state index contributed by atoms with van der Waals surface area (Å²) >= 11 is 0. The Morgan fingerprint density at radius 1 is 0.800 bits per heavy atom. The fourth-order valence-corrected chi connectivity index (χ4v) is 2.28.